The van der Waals surface area contributed by atoms with Gasteiger partial charge in [-0.3, -0.25) is 14.5 Å². The summed E-state index contributed by atoms with van der Waals surface area (Å²) in [6.07, 6.45) is 2.74. The molecule has 3 heterocycles. The summed E-state index contributed by atoms with van der Waals surface area (Å²) in [4.78, 5) is 32.9. The second kappa shape index (κ2) is 8.81. The van der Waals surface area contributed by atoms with E-state index in [1.54, 1.807) is 18.9 Å². The van der Waals surface area contributed by atoms with Crippen LogP contribution in [-0.2, 0) is 9.53 Å². The standard InChI is InChI=1S/C18H28N4O5/c1-12-16(27-11-20-12)18(25)21-6-3-13(4-7-21)22-10-14(23)9-15(22)17(24)19-5-8-26-2/h11,13-15,23H,3-10H2,1-2H3,(H,19,24)/t14-,15+/m1/s1. The van der Waals surface area contributed by atoms with Crippen LogP contribution in [0.3, 0.4) is 0 Å². The quantitative estimate of drug-likeness (QED) is 0.657. The fourth-order valence-corrected chi connectivity index (χ4v) is 3.94. The Labute approximate surface area is 158 Å². The number of carbonyl (C=O) groups is 2. The van der Waals surface area contributed by atoms with Gasteiger partial charge >= 0.3 is 0 Å². The fraction of sp³-hybridized carbons (Fsp3) is 0.722. The SMILES string of the molecule is COCCNC(=O)[C@@H]1C[C@@H](O)CN1C1CCN(C(=O)c2ocnc2C)CC1. The highest BCUT2D eigenvalue weighted by molar-refractivity contribution is 5.92. The summed E-state index contributed by atoms with van der Waals surface area (Å²) >= 11 is 0. The number of aliphatic hydroxyl groups is 1. The highest BCUT2D eigenvalue weighted by Crippen LogP contribution is 2.27. The second-order valence-electron chi connectivity index (χ2n) is 7.18. The van der Waals surface area contributed by atoms with Gasteiger partial charge in [0.05, 0.1) is 24.4 Å². The molecule has 27 heavy (non-hydrogen) atoms. The number of carbonyl (C=O) groups excluding carboxylic acids is 2. The topological polar surface area (TPSA) is 108 Å². The second-order valence-corrected chi connectivity index (χ2v) is 7.18. The van der Waals surface area contributed by atoms with Crippen molar-refractivity contribution >= 4 is 11.8 Å². The molecule has 1 aromatic rings. The monoisotopic (exact) mass is 380 g/mol. The third kappa shape index (κ3) is 4.48. The third-order valence-electron chi connectivity index (χ3n) is 5.39. The first-order chi connectivity index (χ1) is 13.0. The number of methoxy groups -OCH3 is 1. The fourth-order valence-electron chi connectivity index (χ4n) is 3.94. The predicted molar refractivity (Wildman–Crippen MR) is 96.2 cm³/mol. The minimum absolute atomic E-state index is 0.0700. The van der Waals surface area contributed by atoms with E-state index >= 15 is 0 Å². The maximum absolute atomic E-state index is 12.5. The number of aromatic nitrogens is 1. The molecule has 0 saturated carbocycles. The summed E-state index contributed by atoms with van der Waals surface area (Å²) in [7, 11) is 1.59. The van der Waals surface area contributed by atoms with Crippen LogP contribution in [0.5, 0.6) is 0 Å². The lowest BCUT2D eigenvalue weighted by molar-refractivity contribution is -0.126. The number of nitrogens with one attached hydrogen (secondary N) is 1. The van der Waals surface area contributed by atoms with Gasteiger partial charge in [-0.1, -0.05) is 0 Å². The van der Waals surface area contributed by atoms with Crippen molar-refractivity contribution in [2.24, 2.45) is 0 Å². The van der Waals surface area contributed by atoms with Gasteiger partial charge in [-0.2, -0.15) is 0 Å². The zero-order chi connectivity index (χ0) is 19.4. The van der Waals surface area contributed by atoms with E-state index in [1.165, 1.54) is 6.39 Å². The Morgan fingerprint density at radius 3 is 2.78 bits per heavy atom. The Kier molecular flexibility index (Phi) is 6.46. The van der Waals surface area contributed by atoms with Crippen LogP contribution < -0.4 is 5.32 Å². The predicted octanol–water partition coefficient (Wildman–Crippen LogP) is -0.215. The third-order valence-corrected chi connectivity index (χ3v) is 5.39. The summed E-state index contributed by atoms with van der Waals surface area (Å²) in [5, 5.41) is 13.0. The first-order valence-electron chi connectivity index (χ1n) is 9.41. The molecule has 0 aliphatic carbocycles. The molecule has 0 bridgehead atoms. The summed E-state index contributed by atoms with van der Waals surface area (Å²) in [6.45, 7) is 4.34. The molecule has 2 aliphatic heterocycles. The number of likely N-dealkylation sites (tertiary alicyclic amines) is 2. The van der Waals surface area contributed by atoms with Crippen molar-refractivity contribution in [2.45, 2.75) is 44.4 Å². The van der Waals surface area contributed by atoms with Gasteiger partial charge in [0.1, 0.15) is 0 Å². The number of amides is 2. The van der Waals surface area contributed by atoms with Crippen molar-refractivity contribution in [1.29, 1.82) is 0 Å². The van der Waals surface area contributed by atoms with Gasteiger partial charge in [-0.15, -0.1) is 0 Å². The molecular formula is C18H28N4O5. The minimum Gasteiger partial charge on any atom is -0.438 e. The molecular weight excluding hydrogens is 352 g/mol. The Balaban J connectivity index is 1.56. The number of aryl methyl sites for hydroxylation is 1. The number of rotatable bonds is 6. The molecule has 0 aromatic carbocycles. The van der Waals surface area contributed by atoms with Crippen LogP contribution in [0.25, 0.3) is 0 Å². The van der Waals surface area contributed by atoms with Gasteiger partial charge in [-0.05, 0) is 26.2 Å². The molecule has 150 valence electrons. The molecule has 0 unspecified atom stereocenters. The maximum Gasteiger partial charge on any atom is 0.291 e. The lowest BCUT2D eigenvalue weighted by Crippen LogP contribution is -2.52. The van der Waals surface area contributed by atoms with Crippen LogP contribution >= 0.6 is 0 Å². The zero-order valence-electron chi connectivity index (χ0n) is 15.9. The van der Waals surface area contributed by atoms with E-state index in [4.69, 9.17) is 9.15 Å². The number of piperidine rings is 1. The molecule has 9 nitrogen and oxygen atoms in total. The molecule has 2 aliphatic rings. The first kappa shape index (κ1) is 19.8. The van der Waals surface area contributed by atoms with Crippen molar-refractivity contribution in [3.05, 3.63) is 17.8 Å². The van der Waals surface area contributed by atoms with Crippen molar-refractivity contribution in [3.63, 3.8) is 0 Å². The van der Waals surface area contributed by atoms with Gasteiger partial charge < -0.3 is 24.5 Å². The first-order valence-corrected chi connectivity index (χ1v) is 9.41. The molecule has 2 atom stereocenters. The molecule has 2 amide bonds. The van der Waals surface area contributed by atoms with E-state index in [1.807, 2.05) is 0 Å². The van der Waals surface area contributed by atoms with Gasteiger partial charge in [-0.25, -0.2) is 4.98 Å². The van der Waals surface area contributed by atoms with E-state index < -0.39 is 6.10 Å². The molecule has 0 spiro atoms. The Hall–Kier alpha value is -1.97. The highest BCUT2D eigenvalue weighted by Gasteiger charge is 2.41. The van der Waals surface area contributed by atoms with Crippen LogP contribution in [0.2, 0.25) is 0 Å². The Morgan fingerprint density at radius 2 is 2.15 bits per heavy atom. The smallest absolute Gasteiger partial charge is 0.291 e. The van der Waals surface area contributed by atoms with Crippen LogP contribution in [0, 0.1) is 6.92 Å². The van der Waals surface area contributed by atoms with Crippen LogP contribution in [0.1, 0.15) is 35.5 Å². The number of aliphatic hydroxyl groups excluding tert-OH is 1. The zero-order valence-corrected chi connectivity index (χ0v) is 15.9. The number of nitrogens with zero attached hydrogens (tertiary/aromatic N) is 3. The molecule has 0 radical (unpaired) electrons. The summed E-state index contributed by atoms with van der Waals surface area (Å²) in [5.74, 6) is 0.0820. The Bertz CT molecular complexity index is 656. The van der Waals surface area contributed by atoms with E-state index in [0.29, 0.717) is 50.7 Å². The number of hydrogen-bond donors (Lipinski definition) is 2. The lowest BCUT2D eigenvalue weighted by Gasteiger charge is -2.38. The van der Waals surface area contributed by atoms with Crippen LogP contribution in [-0.4, -0.2) is 89.8 Å². The molecule has 2 fully saturated rings. The van der Waals surface area contributed by atoms with Gasteiger partial charge in [0.25, 0.3) is 5.91 Å². The number of oxazole rings is 1. The summed E-state index contributed by atoms with van der Waals surface area (Å²) < 4.78 is 10.2. The van der Waals surface area contributed by atoms with E-state index in [0.717, 1.165) is 12.8 Å². The number of ether oxygens (including phenoxy) is 1. The largest absolute Gasteiger partial charge is 0.438 e. The summed E-state index contributed by atoms with van der Waals surface area (Å²) in [6, 6.07) is -0.166. The normalized spacial score (nSPS) is 24.3. The van der Waals surface area contributed by atoms with E-state index in [9.17, 15) is 14.7 Å². The molecule has 1 aromatic heterocycles. The Morgan fingerprint density at radius 1 is 1.41 bits per heavy atom. The maximum atomic E-state index is 12.5. The molecule has 3 rings (SSSR count). The van der Waals surface area contributed by atoms with Crippen LogP contribution in [0.15, 0.2) is 10.8 Å². The highest BCUT2D eigenvalue weighted by atomic mass is 16.5. The van der Waals surface area contributed by atoms with Crippen LogP contribution in [0.4, 0.5) is 0 Å². The average Bonchev–Trinajstić information content (AvgIpc) is 3.27. The van der Waals surface area contributed by atoms with E-state index in [-0.39, 0.29) is 23.9 Å². The van der Waals surface area contributed by atoms with Gasteiger partial charge in [0.2, 0.25) is 11.7 Å². The molecule has 9 heteroatoms. The van der Waals surface area contributed by atoms with Gasteiger partial charge in [0.15, 0.2) is 6.39 Å². The molecule has 2 N–H and O–H groups in total. The molecule has 2 saturated heterocycles. The number of hydrogen-bond acceptors (Lipinski definition) is 7. The average molecular weight is 380 g/mol. The lowest BCUT2D eigenvalue weighted by atomic mass is 10.0. The van der Waals surface area contributed by atoms with Crippen molar-refractivity contribution < 1.29 is 23.8 Å². The van der Waals surface area contributed by atoms with Crippen molar-refractivity contribution in [2.75, 3.05) is 39.9 Å². The van der Waals surface area contributed by atoms with Gasteiger partial charge in [0, 0.05) is 39.3 Å². The number of β-amino-alcohol motifs (C(OH)–C–C–N with tert-alkyl or cyclic N) is 1. The minimum atomic E-state index is -0.500. The van der Waals surface area contributed by atoms with E-state index in [2.05, 4.69) is 15.2 Å². The van der Waals surface area contributed by atoms with Crippen molar-refractivity contribution in [3.8, 4) is 0 Å². The van der Waals surface area contributed by atoms with Crippen molar-refractivity contribution in [1.82, 2.24) is 20.1 Å². The summed E-state index contributed by atoms with van der Waals surface area (Å²) in [5.41, 5.74) is 0.595.